The first-order valence-electron chi connectivity index (χ1n) is 9.27. The number of aromatic nitrogens is 1. The summed E-state index contributed by atoms with van der Waals surface area (Å²) >= 11 is 0.963. The summed E-state index contributed by atoms with van der Waals surface area (Å²) in [6, 6.07) is 10.4. The molecule has 0 radical (unpaired) electrons. The number of nitrogens with zero attached hydrogens (tertiary/aromatic N) is 2. The van der Waals surface area contributed by atoms with Crippen molar-refractivity contribution in [3.63, 3.8) is 0 Å². The average molecular weight is 458 g/mol. The van der Waals surface area contributed by atoms with Crippen LogP contribution in [0.25, 0.3) is 0 Å². The lowest BCUT2D eigenvalue weighted by Crippen LogP contribution is -2.39. The number of hydrogen-bond donors (Lipinski definition) is 3. The molecule has 3 rings (SSSR count). The number of nitrogen functional groups attached to an aromatic ring is 1. The van der Waals surface area contributed by atoms with Gasteiger partial charge in [0.15, 0.2) is 11.7 Å². The molecule has 0 fully saturated rings. The zero-order valence-electron chi connectivity index (χ0n) is 16.8. The third-order valence-electron chi connectivity index (χ3n) is 4.44. The number of carboxylic acid groups (broad SMARTS) is 1. The minimum absolute atomic E-state index is 0.0371. The van der Waals surface area contributed by atoms with Gasteiger partial charge in [0.25, 0.3) is 0 Å². The molecule has 9 nitrogen and oxygen atoms in total. The Morgan fingerprint density at radius 1 is 1.16 bits per heavy atom. The van der Waals surface area contributed by atoms with E-state index in [1.54, 1.807) is 6.92 Å². The Morgan fingerprint density at radius 2 is 1.78 bits per heavy atom. The van der Waals surface area contributed by atoms with Gasteiger partial charge < -0.3 is 26.2 Å². The molecule has 0 saturated carbocycles. The molecule has 32 heavy (non-hydrogen) atoms. The Labute approximate surface area is 186 Å². The van der Waals surface area contributed by atoms with Crippen molar-refractivity contribution < 1.29 is 28.6 Å². The number of carbonyl (C=O) groups excluding carboxylic acids is 2. The zero-order chi connectivity index (χ0) is 23.4. The molecular weight excluding hydrogens is 439 g/mol. The average Bonchev–Trinajstić information content (AvgIpc) is 3.14. The maximum absolute atomic E-state index is 13.4. The molecule has 0 aliphatic rings. The van der Waals surface area contributed by atoms with E-state index >= 15 is 0 Å². The van der Waals surface area contributed by atoms with Crippen LogP contribution in [0.3, 0.4) is 0 Å². The van der Waals surface area contributed by atoms with Crippen LogP contribution in [0.5, 0.6) is 5.75 Å². The predicted molar refractivity (Wildman–Crippen MR) is 117 cm³/mol. The van der Waals surface area contributed by atoms with Crippen molar-refractivity contribution in [2.75, 3.05) is 17.2 Å². The van der Waals surface area contributed by atoms with E-state index in [-0.39, 0.29) is 21.4 Å². The fourth-order valence-corrected chi connectivity index (χ4v) is 3.84. The van der Waals surface area contributed by atoms with Crippen LogP contribution in [-0.4, -0.2) is 40.4 Å². The Balaban J connectivity index is 1.91. The molecule has 0 spiro atoms. The van der Waals surface area contributed by atoms with Gasteiger partial charge in [-0.1, -0.05) is 11.3 Å². The number of halogens is 1. The number of hydrogen-bond acceptors (Lipinski definition) is 8. The van der Waals surface area contributed by atoms with Crippen molar-refractivity contribution in [3.05, 3.63) is 64.8 Å². The molecule has 3 aromatic rings. The Hall–Kier alpha value is -3.99. The smallest absolute Gasteiger partial charge is 0.341 e. The highest BCUT2D eigenvalue weighted by Gasteiger charge is 2.27. The highest BCUT2D eigenvalue weighted by Crippen LogP contribution is 2.36. The Bertz CT molecular complexity index is 1150. The summed E-state index contributed by atoms with van der Waals surface area (Å²) in [4.78, 5) is 41.3. The number of carboxylic acids is 1. The van der Waals surface area contributed by atoms with Gasteiger partial charge in [0, 0.05) is 11.3 Å². The molecule has 1 atom stereocenters. The van der Waals surface area contributed by atoms with E-state index in [0.717, 1.165) is 11.3 Å². The zero-order valence-corrected chi connectivity index (χ0v) is 17.6. The van der Waals surface area contributed by atoms with Crippen LogP contribution in [-0.2, 0) is 9.59 Å². The number of primary amides is 1. The number of nitrogens with two attached hydrogens (primary N) is 2. The van der Waals surface area contributed by atoms with E-state index in [1.165, 1.54) is 53.4 Å². The molecular formula is C21H19FN4O5S. The summed E-state index contributed by atoms with van der Waals surface area (Å²) in [5.41, 5.74) is 12.2. The second-order valence-corrected chi connectivity index (χ2v) is 7.65. The van der Waals surface area contributed by atoms with Crippen LogP contribution in [0.15, 0.2) is 48.5 Å². The lowest BCUT2D eigenvalue weighted by atomic mass is 10.1. The summed E-state index contributed by atoms with van der Waals surface area (Å²) in [7, 11) is 0. The predicted octanol–water partition coefficient (Wildman–Crippen LogP) is 2.57. The van der Waals surface area contributed by atoms with Crippen LogP contribution < -0.4 is 21.1 Å². The van der Waals surface area contributed by atoms with Gasteiger partial charge in [-0.25, -0.2) is 14.2 Å². The number of thiazole rings is 1. The summed E-state index contributed by atoms with van der Waals surface area (Å²) in [5, 5.41) is 8.90. The number of ether oxygens (including phenoxy) is 1. The summed E-state index contributed by atoms with van der Waals surface area (Å²) in [6.07, 6.45) is 0. The van der Waals surface area contributed by atoms with Crippen molar-refractivity contribution >= 4 is 45.6 Å². The van der Waals surface area contributed by atoms with Crippen LogP contribution in [0.4, 0.5) is 21.0 Å². The minimum atomic E-state index is -1.12. The number of carbonyl (C=O) groups is 3. The molecule has 0 aliphatic heterocycles. The Morgan fingerprint density at radius 3 is 2.34 bits per heavy atom. The first-order chi connectivity index (χ1) is 15.2. The van der Waals surface area contributed by atoms with Crippen LogP contribution in [0.1, 0.15) is 22.2 Å². The topological polar surface area (TPSA) is 149 Å². The molecule has 2 aromatic carbocycles. The third kappa shape index (κ3) is 5.01. The van der Waals surface area contributed by atoms with E-state index < -0.39 is 36.1 Å². The second-order valence-electron chi connectivity index (χ2n) is 6.67. The van der Waals surface area contributed by atoms with Gasteiger partial charge in [-0.2, -0.15) is 0 Å². The summed E-state index contributed by atoms with van der Waals surface area (Å²) in [5.74, 6) is -2.38. The number of aliphatic carboxylic acids is 1. The molecule has 0 unspecified atom stereocenters. The van der Waals surface area contributed by atoms with Gasteiger partial charge in [0.1, 0.15) is 28.3 Å². The second kappa shape index (κ2) is 9.43. The highest BCUT2D eigenvalue weighted by atomic mass is 32.1. The van der Waals surface area contributed by atoms with Crippen LogP contribution in [0, 0.1) is 5.82 Å². The van der Waals surface area contributed by atoms with Gasteiger partial charge in [-0.3, -0.25) is 9.59 Å². The molecule has 11 heteroatoms. The minimum Gasteiger partial charge on any atom is -0.482 e. The first kappa shape index (κ1) is 22.7. The van der Waals surface area contributed by atoms with Crippen LogP contribution >= 0.6 is 11.3 Å². The maximum Gasteiger partial charge on any atom is 0.341 e. The van der Waals surface area contributed by atoms with Crippen molar-refractivity contribution in [2.24, 2.45) is 5.73 Å². The molecule has 0 aliphatic carbocycles. The standard InChI is InChI=1S/C21H19FN4O5S/c1-11(20(24)30)26(14-6-4-13(22)5-7-14)21-25-19(23)18(32-21)17(29)12-2-8-15(9-3-12)31-10-16(27)28/h2-9,11H,10,23H2,1H3,(H2,24,30)(H,27,28)/t11-/m0/s1. The normalized spacial score (nSPS) is 11.6. The summed E-state index contributed by atoms with van der Waals surface area (Å²) < 4.78 is 18.4. The van der Waals surface area contributed by atoms with Crippen molar-refractivity contribution in [1.82, 2.24) is 4.98 Å². The number of anilines is 3. The molecule has 1 heterocycles. The Kier molecular flexibility index (Phi) is 6.69. The van der Waals surface area contributed by atoms with Crippen molar-refractivity contribution in [2.45, 2.75) is 13.0 Å². The van der Waals surface area contributed by atoms with Gasteiger partial charge in [-0.15, -0.1) is 0 Å². The van der Waals surface area contributed by atoms with E-state index in [1.807, 2.05) is 0 Å². The largest absolute Gasteiger partial charge is 0.482 e. The number of rotatable bonds is 9. The van der Waals surface area contributed by atoms with Gasteiger partial charge in [-0.05, 0) is 55.5 Å². The fourth-order valence-electron chi connectivity index (χ4n) is 2.79. The van der Waals surface area contributed by atoms with Gasteiger partial charge in [0.2, 0.25) is 11.7 Å². The fraction of sp³-hybridized carbons (Fsp3) is 0.143. The molecule has 0 bridgehead atoms. The summed E-state index contributed by atoms with van der Waals surface area (Å²) in [6.45, 7) is 1.05. The van der Waals surface area contributed by atoms with Crippen molar-refractivity contribution in [1.29, 1.82) is 0 Å². The van der Waals surface area contributed by atoms with Gasteiger partial charge in [0.05, 0.1) is 0 Å². The lowest BCUT2D eigenvalue weighted by Gasteiger charge is -2.26. The van der Waals surface area contributed by atoms with Gasteiger partial charge >= 0.3 is 5.97 Å². The monoisotopic (exact) mass is 458 g/mol. The number of benzene rings is 2. The van der Waals surface area contributed by atoms with E-state index in [2.05, 4.69) is 4.98 Å². The molecule has 0 saturated heterocycles. The molecule has 1 aromatic heterocycles. The molecule has 5 N–H and O–H groups in total. The molecule has 1 amide bonds. The lowest BCUT2D eigenvalue weighted by molar-refractivity contribution is -0.139. The SMILES string of the molecule is C[C@@H](C(N)=O)N(c1ccc(F)cc1)c1nc(N)c(C(=O)c2ccc(OCC(=O)O)cc2)s1. The highest BCUT2D eigenvalue weighted by molar-refractivity contribution is 7.18. The van der Waals surface area contributed by atoms with E-state index in [9.17, 15) is 18.8 Å². The maximum atomic E-state index is 13.4. The van der Waals surface area contributed by atoms with E-state index in [0.29, 0.717) is 11.4 Å². The number of amides is 1. The van der Waals surface area contributed by atoms with Crippen LogP contribution in [0.2, 0.25) is 0 Å². The third-order valence-corrected chi connectivity index (χ3v) is 5.51. The molecule has 166 valence electrons. The quantitative estimate of drug-likeness (QED) is 0.414. The van der Waals surface area contributed by atoms with Crippen molar-refractivity contribution in [3.8, 4) is 5.75 Å². The first-order valence-corrected chi connectivity index (χ1v) is 10.1. The number of ketones is 1. The van der Waals surface area contributed by atoms with E-state index in [4.69, 9.17) is 21.3 Å².